The Kier molecular flexibility index (Phi) is 3.34. The van der Waals surface area contributed by atoms with Crippen LogP contribution in [0.25, 0.3) is 0 Å². The number of hydrogen-bond donors (Lipinski definition) is 0. The molecule has 1 fully saturated rings. The second kappa shape index (κ2) is 5.17. The van der Waals surface area contributed by atoms with E-state index in [9.17, 15) is 0 Å². The minimum Gasteiger partial charge on any atom is -0.349 e. The lowest BCUT2D eigenvalue weighted by Gasteiger charge is -2.36. The molecule has 0 spiro atoms. The summed E-state index contributed by atoms with van der Waals surface area (Å²) >= 11 is 0. The summed E-state index contributed by atoms with van der Waals surface area (Å²) < 4.78 is 0. The Morgan fingerprint density at radius 2 is 2.05 bits per heavy atom. The first kappa shape index (κ1) is 13.6. The van der Waals surface area contributed by atoms with Gasteiger partial charge in [-0.25, -0.2) is 0 Å². The largest absolute Gasteiger partial charge is 0.349 e. The molecule has 4 nitrogen and oxygen atoms in total. The standard InChI is InChI=1S/C17H18N4/c1-17(2)15(14-6-4-3-5-7-14)8-9-21(17)16-10-13(11-18)12-19-20-16/h3-7,10,12,15H,8-9H2,1-2H3. The minimum absolute atomic E-state index is 0.0515. The van der Waals surface area contributed by atoms with Gasteiger partial charge >= 0.3 is 0 Å². The second-order valence-corrected chi connectivity index (χ2v) is 5.97. The van der Waals surface area contributed by atoms with Crippen molar-refractivity contribution in [3.63, 3.8) is 0 Å². The predicted octanol–water partition coefficient (Wildman–Crippen LogP) is 3.12. The molecule has 4 heteroatoms. The summed E-state index contributed by atoms with van der Waals surface area (Å²) in [7, 11) is 0. The van der Waals surface area contributed by atoms with Crippen molar-refractivity contribution in [3.8, 4) is 6.07 Å². The molecule has 1 saturated heterocycles. The maximum atomic E-state index is 9.03. The van der Waals surface area contributed by atoms with Crippen LogP contribution >= 0.6 is 0 Å². The van der Waals surface area contributed by atoms with Crippen LogP contribution in [0.3, 0.4) is 0 Å². The molecule has 1 unspecified atom stereocenters. The average Bonchev–Trinajstić information content (AvgIpc) is 2.83. The number of benzene rings is 1. The minimum atomic E-state index is -0.0515. The summed E-state index contributed by atoms with van der Waals surface area (Å²) in [4.78, 5) is 2.26. The molecule has 21 heavy (non-hydrogen) atoms. The molecule has 0 bridgehead atoms. The topological polar surface area (TPSA) is 52.8 Å². The van der Waals surface area contributed by atoms with E-state index in [0.717, 1.165) is 18.8 Å². The fourth-order valence-corrected chi connectivity index (χ4v) is 3.31. The quantitative estimate of drug-likeness (QED) is 0.847. The van der Waals surface area contributed by atoms with Crippen LogP contribution in [0.1, 0.15) is 37.3 Å². The van der Waals surface area contributed by atoms with Crippen molar-refractivity contribution >= 4 is 5.82 Å². The van der Waals surface area contributed by atoms with E-state index in [1.165, 1.54) is 11.8 Å². The predicted molar refractivity (Wildman–Crippen MR) is 82.0 cm³/mol. The molecule has 0 aliphatic carbocycles. The molecule has 0 N–H and O–H groups in total. The fraction of sp³-hybridized carbons (Fsp3) is 0.353. The molecule has 2 heterocycles. The Morgan fingerprint density at radius 1 is 1.29 bits per heavy atom. The first-order valence-corrected chi connectivity index (χ1v) is 7.18. The Balaban J connectivity index is 1.94. The number of anilines is 1. The molecular weight excluding hydrogens is 260 g/mol. The highest BCUT2D eigenvalue weighted by Crippen LogP contribution is 2.43. The molecule has 3 rings (SSSR count). The van der Waals surface area contributed by atoms with Crippen molar-refractivity contribution in [2.45, 2.75) is 31.7 Å². The van der Waals surface area contributed by atoms with Crippen LogP contribution in [0.5, 0.6) is 0 Å². The number of nitriles is 1. The molecule has 1 aliphatic heterocycles. The van der Waals surface area contributed by atoms with E-state index in [0.29, 0.717) is 11.5 Å². The molecule has 1 aliphatic rings. The molecule has 1 aromatic heterocycles. The molecule has 1 aromatic carbocycles. The van der Waals surface area contributed by atoms with Gasteiger partial charge in [-0.3, -0.25) is 0 Å². The Labute approximate surface area is 125 Å². The zero-order valence-corrected chi connectivity index (χ0v) is 12.3. The number of hydrogen-bond acceptors (Lipinski definition) is 4. The summed E-state index contributed by atoms with van der Waals surface area (Å²) in [5.74, 6) is 1.24. The van der Waals surface area contributed by atoms with E-state index in [1.807, 2.05) is 12.1 Å². The van der Waals surface area contributed by atoms with Gasteiger partial charge in [0.05, 0.1) is 11.8 Å². The smallest absolute Gasteiger partial charge is 0.153 e. The van der Waals surface area contributed by atoms with Gasteiger partial charge in [0, 0.05) is 24.1 Å². The highest BCUT2D eigenvalue weighted by Gasteiger charge is 2.42. The summed E-state index contributed by atoms with van der Waals surface area (Å²) in [6.07, 6.45) is 2.58. The van der Waals surface area contributed by atoms with E-state index < -0.39 is 0 Å². The van der Waals surface area contributed by atoms with Gasteiger partial charge in [-0.05, 0) is 25.8 Å². The lowest BCUT2D eigenvalue weighted by Crippen LogP contribution is -2.42. The SMILES string of the molecule is CC1(C)C(c2ccccc2)CCN1c1cc(C#N)cnn1. The maximum Gasteiger partial charge on any atom is 0.153 e. The van der Waals surface area contributed by atoms with Crippen molar-refractivity contribution in [2.24, 2.45) is 0 Å². The first-order valence-electron chi connectivity index (χ1n) is 7.18. The lowest BCUT2D eigenvalue weighted by molar-refractivity contribution is 0.452. The Bertz CT molecular complexity index is 673. The van der Waals surface area contributed by atoms with Crippen LogP contribution in [0.15, 0.2) is 42.6 Å². The van der Waals surface area contributed by atoms with Crippen LogP contribution in [0.4, 0.5) is 5.82 Å². The van der Waals surface area contributed by atoms with Gasteiger partial charge in [0.15, 0.2) is 5.82 Å². The number of aromatic nitrogens is 2. The highest BCUT2D eigenvalue weighted by atomic mass is 15.3. The van der Waals surface area contributed by atoms with Gasteiger partial charge in [-0.15, -0.1) is 5.10 Å². The van der Waals surface area contributed by atoms with Crippen LogP contribution in [0, 0.1) is 11.3 Å². The van der Waals surface area contributed by atoms with Crippen molar-refractivity contribution in [1.82, 2.24) is 10.2 Å². The van der Waals surface area contributed by atoms with E-state index in [-0.39, 0.29) is 5.54 Å². The van der Waals surface area contributed by atoms with Gasteiger partial charge in [-0.2, -0.15) is 10.4 Å². The van der Waals surface area contributed by atoms with Crippen LogP contribution < -0.4 is 4.90 Å². The normalized spacial score (nSPS) is 20.2. The Morgan fingerprint density at radius 3 is 2.76 bits per heavy atom. The van der Waals surface area contributed by atoms with Crippen molar-refractivity contribution < 1.29 is 0 Å². The summed E-state index contributed by atoms with van der Waals surface area (Å²) in [5.41, 5.74) is 1.86. The molecule has 0 saturated carbocycles. The molecular formula is C17H18N4. The molecule has 106 valence electrons. The second-order valence-electron chi connectivity index (χ2n) is 5.97. The van der Waals surface area contributed by atoms with E-state index in [4.69, 9.17) is 5.26 Å². The third-order valence-corrected chi connectivity index (χ3v) is 4.44. The fourth-order valence-electron chi connectivity index (χ4n) is 3.31. The monoisotopic (exact) mass is 278 g/mol. The van der Waals surface area contributed by atoms with Crippen molar-refractivity contribution in [1.29, 1.82) is 5.26 Å². The highest BCUT2D eigenvalue weighted by molar-refractivity contribution is 5.49. The maximum absolute atomic E-state index is 9.03. The molecule has 0 radical (unpaired) electrons. The van der Waals surface area contributed by atoms with Gasteiger partial charge in [0.1, 0.15) is 6.07 Å². The van der Waals surface area contributed by atoms with Gasteiger partial charge in [-0.1, -0.05) is 30.3 Å². The third-order valence-electron chi connectivity index (χ3n) is 4.44. The van der Waals surface area contributed by atoms with Crippen LogP contribution in [-0.2, 0) is 0 Å². The molecule has 2 aromatic rings. The van der Waals surface area contributed by atoms with Crippen LogP contribution in [0.2, 0.25) is 0 Å². The zero-order chi connectivity index (χ0) is 14.9. The van der Waals surface area contributed by atoms with Crippen molar-refractivity contribution in [2.75, 3.05) is 11.4 Å². The van der Waals surface area contributed by atoms with Crippen molar-refractivity contribution in [3.05, 3.63) is 53.7 Å². The Hall–Kier alpha value is -2.41. The summed E-state index contributed by atoms with van der Waals surface area (Å²) in [5, 5.41) is 17.2. The lowest BCUT2D eigenvalue weighted by atomic mass is 9.83. The first-order chi connectivity index (χ1) is 10.1. The van der Waals surface area contributed by atoms with Crippen LogP contribution in [-0.4, -0.2) is 22.3 Å². The van der Waals surface area contributed by atoms with E-state index in [2.05, 4.69) is 59.3 Å². The van der Waals surface area contributed by atoms with Gasteiger partial charge in [0.2, 0.25) is 0 Å². The summed E-state index contributed by atoms with van der Waals surface area (Å²) in [6, 6.07) is 14.6. The summed E-state index contributed by atoms with van der Waals surface area (Å²) in [6.45, 7) is 5.40. The van der Waals surface area contributed by atoms with E-state index >= 15 is 0 Å². The molecule has 1 atom stereocenters. The zero-order valence-electron chi connectivity index (χ0n) is 12.3. The molecule has 0 amide bonds. The third kappa shape index (κ3) is 2.36. The number of rotatable bonds is 2. The van der Waals surface area contributed by atoms with Gasteiger partial charge < -0.3 is 4.90 Å². The average molecular weight is 278 g/mol. The number of nitrogens with zero attached hydrogens (tertiary/aromatic N) is 4. The van der Waals surface area contributed by atoms with Gasteiger partial charge in [0.25, 0.3) is 0 Å². The van der Waals surface area contributed by atoms with E-state index in [1.54, 1.807) is 0 Å².